The molecule has 0 amide bonds. The van der Waals surface area contributed by atoms with E-state index in [9.17, 15) is 5.11 Å². The lowest BCUT2D eigenvalue weighted by Gasteiger charge is -2.35. The highest BCUT2D eigenvalue weighted by molar-refractivity contribution is 5.60. The summed E-state index contributed by atoms with van der Waals surface area (Å²) in [6.45, 7) is 1.82. The van der Waals surface area contributed by atoms with Crippen molar-refractivity contribution in [3.05, 3.63) is 35.4 Å². The quantitative estimate of drug-likeness (QED) is 0.762. The summed E-state index contributed by atoms with van der Waals surface area (Å²) in [5, 5.41) is 13.4. The van der Waals surface area contributed by atoms with Crippen molar-refractivity contribution in [2.75, 3.05) is 13.7 Å². The molecule has 1 spiro atoms. The van der Waals surface area contributed by atoms with Crippen LogP contribution in [0, 0.1) is 0 Å². The second-order valence-corrected chi connectivity index (χ2v) is 5.87. The second-order valence-electron chi connectivity index (χ2n) is 5.87. The van der Waals surface area contributed by atoms with Crippen LogP contribution in [0.2, 0.25) is 0 Å². The average Bonchev–Trinajstić information content (AvgIpc) is 2.66. The molecule has 2 N–H and O–H groups in total. The molecule has 0 saturated heterocycles. The zero-order chi connectivity index (χ0) is 13.7. The Hall–Kier alpha value is -1.52. The third-order valence-electron chi connectivity index (χ3n) is 4.83. The summed E-state index contributed by atoms with van der Waals surface area (Å²) in [5.41, 5.74) is 2.43. The van der Waals surface area contributed by atoms with Crippen molar-refractivity contribution in [1.29, 1.82) is 0 Å². The summed E-state index contributed by atoms with van der Waals surface area (Å²) < 4.78 is 11.7. The van der Waals surface area contributed by atoms with Crippen molar-refractivity contribution >= 4 is 0 Å². The van der Waals surface area contributed by atoms with Crippen molar-refractivity contribution in [3.63, 3.8) is 0 Å². The maximum atomic E-state index is 9.92. The minimum atomic E-state index is -0.411. The first-order valence-corrected chi connectivity index (χ1v) is 7.20. The van der Waals surface area contributed by atoms with Crippen molar-refractivity contribution in [3.8, 4) is 11.5 Å². The zero-order valence-corrected chi connectivity index (χ0v) is 11.6. The molecule has 4 rings (SSSR count). The summed E-state index contributed by atoms with van der Waals surface area (Å²) in [6, 6.07) is 4.11. The van der Waals surface area contributed by atoms with Gasteiger partial charge in [0, 0.05) is 18.5 Å². The molecular weight excluding hydrogens is 254 g/mol. The predicted molar refractivity (Wildman–Crippen MR) is 75.2 cm³/mol. The van der Waals surface area contributed by atoms with Crippen LogP contribution in [0.15, 0.2) is 24.3 Å². The maximum Gasteiger partial charge on any atom is 0.166 e. The number of hydrogen-bond acceptors (Lipinski definition) is 4. The third kappa shape index (κ3) is 1.49. The van der Waals surface area contributed by atoms with Gasteiger partial charge in [-0.1, -0.05) is 18.2 Å². The van der Waals surface area contributed by atoms with E-state index < -0.39 is 6.10 Å². The van der Waals surface area contributed by atoms with E-state index >= 15 is 0 Å². The lowest BCUT2D eigenvalue weighted by Crippen LogP contribution is -2.42. The summed E-state index contributed by atoms with van der Waals surface area (Å²) in [4.78, 5) is 0. The molecule has 2 heterocycles. The van der Waals surface area contributed by atoms with Gasteiger partial charge in [0.1, 0.15) is 6.10 Å². The highest BCUT2D eigenvalue weighted by Crippen LogP contribution is 2.55. The van der Waals surface area contributed by atoms with E-state index in [1.165, 1.54) is 11.1 Å². The first-order valence-electron chi connectivity index (χ1n) is 7.20. The Morgan fingerprint density at radius 3 is 3.20 bits per heavy atom. The van der Waals surface area contributed by atoms with Crippen LogP contribution in [-0.2, 0) is 12.0 Å². The number of rotatable bonds is 1. The zero-order valence-electron chi connectivity index (χ0n) is 11.6. The van der Waals surface area contributed by atoms with E-state index in [2.05, 4.69) is 17.5 Å². The molecule has 0 bridgehead atoms. The first kappa shape index (κ1) is 12.2. The van der Waals surface area contributed by atoms with Crippen LogP contribution < -0.4 is 14.8 Å². The Morgan fingerprint density at radius 1 is 1.45 bits per heavy atom. The summed E-state index contributed by atoms with van der Waals surface area (Å²) in [6.07, 6.45) is 5.32. The van der Waals surface area contributed by atoms with Crippen LogP contribution >= 0.6 is 0 Å². The molecule has 20 heavy (non-hydrogen) atoms. The van der Waals surface area contributed by atoms with Gasteiger partial charge in [0.05, 0.1) is 18.6 Å². The SMILES string of the molecule is COc1ccc2c3c1O[C@H]1C[C@H](O)C=C[C@@]31CCNC2. The highest BCUT2D eigenvalue weighted by atomic mass is 16.5. The summed E-state index contributed by atoms with van der Waals surface area (Å²) in [5.74, 6) is 1.67. The number of nitrogens with one attached hydrogen (secondary N) is 1. The van der Waals surface area contributed by atoms with Crippen LogP contribution in [-0.4, -0.2) is 31.0 Å². The maximum absolute atomic E-state index is 9.92. The standard InChI is InChI=1S/C16H19NO3/c1-19-12-3-2-10-9-17-7-6-16-5-4-11(18)8-13(16)20-15(12)14(10)16/h2-5,11,13,17-18H,6-9H2,1H3/t11-,13+,16+/m1/s1. The van der Waals surface area contributed by atoms with Gasteiger partial charge in [0.15, 0.2) is 11.5 Å². The lowest BCUT2D eigenvalue weighted by atomic mass is 9.69. The van der Waals surface area contributed by atoms with E-state index in [-0.39, 0.29) is 11.5 Å². The Balaban J connectivity index is 1.96. The molecule has 1 aromatic rings. The fourth-order valence-electron chi connectivity index (χ4n) is 3.87. The van der Waals surface area contributed by atoms with Gasteiger partial charge in [-0.15, -0.1) is 0 Å². The molecular formula is C16H19NO3. The number of benzene rings is 1. The van der Waals surface area contributed by atoms with Crippen LogP contribution in [0.1, 0.15) is 24.0 Å². The van der Waals surface area contributed by atoms with Gasteiger partial charge in [-0.25, -0.2) is 0 Å². The number of ether oxygens (including phenoxy) is 2. The molecule has 3 atom stereocenters. The molecule has 0 saturated carbocycles. The molecule has 106 valence electrons. The van der Waals surface area contributed by atoms with E-state index in [1.54, 1.807) is 7.11 Å². The highest BCUT2D eigenvalue weighted by Gasteiger charge is 2.52. The Morgan fingerprint density at radius 2 is 2.35 bits per heavy atom. The number of hydrogen-bond donors (Lipinski definition) is 2. The minimum Gasteiger partial charge on any atom is -0.493 e. The van der Waals surface area contributed by atoms with Crippen molar-refractivity contribution < 1.29 is 14.6 Å². The predicted octanol–water partition coefficient (Wildman–Crippen LogP) is 1.51. The van der Waals surface area contributed by atoms with Gasteiger partial charge in [0.2, 0.25) is 0 Å². The molecule has 0 unspecified atom stereocenters. The van der Waals surface area contributed by atoms with Gasteiger partial charge >= 0.3 is 0 Å². The Bertz CT molecular complexity index is 583. The molecule has 0 radical (unpaired) electrons. The molecule has 4 heteroatoms. The topological polar surface area (TPSA) is 50.7 Å². The largest absolute Gasteiger partial charge is 0.493 e. The smallest absolute Gasteiger partial charge is 0.166 e. The van der Waals surface area contributed by atoms with Crippen molar-refractivity contribution in [1.82, 2.24) is 5.32 Å². The number of aliphatic hydroxyl groups excluding tert-OH is 1. The molecule has 0 aromatic heterocycles. The average molecular weight is 273 g/mol. The minimum absolute atomic E-state index is 0.00690. The van der Waals surface area contributed by atoms with E-state index in [0.29, 0.717) is 6.42 Å². The Kier molecular flexibility index (Phi) is 2.59. The van der Waals surface area contributed by atoms with E-state index in [0.717, 1.165) is 31.0 Å². The van der Waals surface area contributed by atoms with Crippen LogP contribution in [0.3, 0.4) is 0 Å². The molecule has 3 aliphatic rings. The third-order valence-corrected chi connectivity index (χ3v) is 4.83. The van der Waals surface area contributed by atoms with Crippen LogP contribution in [0.5, 0.6) is 11.5 Å². The fourth-order valence-corrected chi connectivity index (χ4v) is 3.87. The first-order chi connectivity index (χ1) is 9.74. The van der Waals surface area contributed by atoms with Crippen molar-refractivity contribution in [2.24, 2.45) is 0 Å². The van der Waals surface area contributed by atoms with Gasteiger partial charge in [0.25, 0.3) is 0 Å². The Labute approximate surface area is 118 Å². The van der Waals surface area contributed by atoms with E-state index in [1.807, 2.05) is 12.1 Å². The monoisotopic (exact) mass is 273 g/mol. The number of methoxy groups -OCH3 is 1. The molecule has 2 aliphatic heterocycles. The summed E-state index contributed by atoms with van der Waals surface area (Å²) in [7, 11) is 1.68. The van der Waals surface area contributed by atoms with Crippen LogP contribution in [0.4, 0.5) is 0 Å². The fraction of sp³-hybridized carbons (Fsp3) is 0.500. The normalized spacial score (nSPS) is 33.9. The second kappa shape index (κ2) is 4.24. The van der Waals surface area contributed by atoms with E-state index in [4.69, 9.17) is 9.47 Å². The van der Waals surface area contributed by atoms with Gasteiger partial charge in [-0.05, 0) is 24.6 Å². The van der Waals surface area contributed by atoms with Gasteiger partial charge in [-0.3, -0.25) is 0 Å². The summed E-state index contributed by atoms with van der Waals surface area (Å²) >= 11 is 0. The lowest BCUT2D eigenvalue weighted by molar-refractivity contribution is 0.0851. The molecule has 1 aromatic carbocycles. The van der Waals surface area contributed by atoms with Crippen molar-refractivity contribution in [2.45, 2.75) is 37.0 Å². The van der Waals surface area contributed by atoms with Crippen LogP contribution in [0.25, 0.3) is 0 Å². The van der Waals surface area contributed by atoms with Gasteiger partial charge < -0.3 is 19.9 Å². The molecule has 1 aliphatic carbocycles. The van der Waals surface area contributed by atoms with Gasteiger partial charge in [-0.2, -0.15) is 0 Å². The molecule has 0 fully saturated rings. The number of aliphatic hydroxyl groups is 1. The molecule has 4 nitrogen and oxygen atoms in total.